The minimum atomic E-state index is -0.995. The lowest BCUT2D eigenvalue weighted by molar-refractivity contribution is -0.139. The molecule has 0 spiro atoms. The van der Waals surface area contributed by atoms with Crippen LogP contribution in [0.4, 0.5) is 0 Å². The second kappa shape index (κ2) is 7.35. The monoisotopic (exact) mass is 290 g/mol. The Bertz CT molecular complexity index is 640. The van der Waals surface area contributed by atoms with E-state index in [1.54, 1.807) is 26.1 Å². The summed E-state index contributed by atoms with van der Waals surface area (Å²) in [5.74, 6) is -1.90. The third-order valence-corrected chi connectivity index (χ3v) is 2.85. The van der Waals surface area contributed by atoms with Crippen LogP contribution in [-0.2, 0) is 4.79 Å². The van der Waals surface area contributed by atoms with Crippen molar-refractivity contribution < 1.29 is 19.8 Å². The minimum absolute atomic E-state index is 0.0208. The molecule has 21 heavy (non-hydrogen) atoms. The number of carboxylic acids is 2. The number of hydrogen-bond donors (Lipinski definition) is 3. The van der Waals surface area contributed by atoms with Gasteiger partial charge >= 0.3 is 11.9 Å². The summed E-state index contributed by atoms with van der Waals surface area (Å²) in [6.07, 6.45) is 1.57. The van der Waals surface area contributed by atoms with E-state index >= 15 is 0 Å². The highest BCUT2D eigenvalue weighted by molar-refractivity contribution is 5.91. The van der Waals surface area contributed by atoms with Gasteiger partial charge in [-0.15, -0.1) is 0 Å². The first-order valence-electron chi connectivity index (χ1n) is 6.39. The number of hydrogen-bond acceptors (Lipinski definition) is 4. The second-order valence-electron chi connectivity index (χ2n) is 4.83. The molecular formula is C15H18N2O4. The Labute approximate surface area is 122 Å². The van der Waals surface area contributed by atoms with Gasteiger partial charge in [0.1, 0.15) is 11.7 Å². The first kappa shape index (κ1) is 16.6. The zero-order valence-corrected chi connectivity index (χ0v) is 11.9. The standard InChI is InChI=1S/C10H7NO2.C5H11NO2/c12-10(13)9-5-7-3-1-2-4-8(7)6-11-9;1-3(2)4(6)5(7)8/h1-6H,(H,12,13);3-4H,6H2,1-2H3,(H,7,8)/t;4-/m.1/s1. The van der Waals surface area contributed by atoms with Crippen LogP contribution in [0.5, 0.6) is 0 Å². The lowest BCUT2D eigenvalue weighted by Crippen LogP contribution is -2.34. The molecule has 0 saturated carbocycles. The Morgan fingerprint density at radius 1 is 1.14 bits per heavy atom. The molecule has 0 aliphatic heterocycles. The topological polar surface area (TPSA) is 114 Å². The van der Waals surface area contributed by atoms with Crippen molar-refractivity contribution in [1.29, 1.82) is 0 Å². The Kier molecular flexibility index (Phi) is 5.80. The molecule has 0 amide bonds. The summed E-state index contributed by atoms with van der Waals surface area (Å²) in [4.78, 5) is 24.4. The Hall–Kier alpha value is -2.47. The summed E-state index contributed by atoms with van der Waals surface area (Å²) in [6, 6.07) is 8.38. The van der Waals surface area contributed by atoms with Crippen molar-refractivity contribution in [3.63, 3.8) is 0 Å². The van der Waals surface area contributed by atoms with E-state index in [0.29, 0.717) is 0 Å². The van der Waals surface area contributed by atoms with Crippen molar-refractivity contribution in [2.75, 3.05) is 0 Å². The van der Waals surface area contributed by atoms with E-state index in [2.05, 4.69) is 4.98 Å². The summed E-state index contributed by atoms with van der Waals surface area (Å²) in [7, 11) is 0. The molecule has 0 unspecified atom stereocenters. The molecule has 4 N–H and O–H groups in total. The summed E-state index contributed by atoms with van der Waals surface area (Å²) >= 11 is 0. The van der Waals surface area contributed by atoms with E-state index in [9.17, 15) is 9.59 Å². The molecule has 0 aliphatic carbocycles. The number of benzene rings is 1. The fraction of sp³-hybridized carbons (Fsp3) is 0.267. The van der Waals surface area contributed by atoms with Crippen LogP contribution in [0.3, 0.4) is 0 Å². The summed E-state index contributed by atoms with van der Waals surface area (Å²) in [5, 5.41) is 18.8. The van der Waals surface area contributed by atoms with Gasteiger partial charge in [0.15, 0.2) is 0 Å². The highest BCUT2D eigenvalue weighted by atomic mass is 16.4. The van der Waals surface area contributed by atoms with Crippen molar-refractivity contribution in [3.05, 3.63) is 42.2 Å². The van der Waals surface area contributed by atoms with E-state index in [0.717, 1.165) is 10.8 Å². The van der Waals surface area contributed by atoms with Crippen molar-refractivity contribution >= 4 is 22.7 Å². The molecule has 6 nitrogen and oxygen atoms in total. The molecule has 0 aliphatic rings. The summed E-state index contributed by atoms with van der Waals surface area (Å²) < 4.78 is 0. The van der Waals surface area contributed by atoms with Crippen molar-refractivity contribution in [2.45, 2.75) is 19.9 Å². The predicted molar refractivity (Wildman–Crippen MR) is 79.2 cm³/mol. The van der Waals surface area contributed by atoms with E-state index in [4.69, 9.17) is 15.9 Å². The fourth-order valence-corrected chi connectivity index (χ4v) is 1.49. The van der Waals surface area contributed by atoms with E-state index < -0.39 is 18.0 Å². The molecule has 2 aromatic rings. The zero-order chi connectivity index (χ0) is 16.0. The normalized spacial score (nSPS) is 11.6. The quantitative estimate of drug-likeness (QED) is 0.796. The van der Waals surface area contributed by atoms with Gasteiger partial charge in [-0.25, -0.2) is 9.78 Å². The molecule has 2 rings (SSSR count). The van der Waals surface area contributed by atoms with Crippen molar-refractivity contribution in [2.24, 2.45) is 11.7 Å². The maximum atomic E-state index is 10.6. The first-order valence-corrected chi connectivity index (χ1v) is 6.39. The summed E-state index contributed by atoms with van der Waals surface area (Å²) in [6.45, 7) is 3.55. The number of carbonyl (C=O) groups is 2. The first-order chi connectivity index (χ1) is 9.82. The average Bonchev–Trinajstić information content (AvgIpc) is 2.46. The number of aromatic carboxylic acids is 1. The highest BCUT2D eigenvalue weighted by Crippen LogP contribution is 2.12. The van der Waals surface area contributed by atoms with Gasteiger partial charge in [-0.2, -0.15) is 0 Å². The van der Waals surface area contributed by atoms with Crippen LogP contribution in [0, 0.1) is 5.92 Å². The summed E-state index contributed by atoms with van der Waals surface area (Å²) in [5.41, 5.74) is 5.24. The highest BCUT2D eigenvalue weighted by Gasteiger charge is 2.14. The molecule has 0 bridgehead atoms. The van der Waals surface area contributed by atoms with Gasteiger partial charge in [0.25, 0.3) is 0 Å². The predicted octanol–water partition coefficient (Wildman–Crippen LogP) is 1.99. The molecule has 0 saturated heterocycles. The zero-order valence-electron chi connectivity index (χ0n) is 11.9. The van der Waals surface area contributed by atoms with Gasteiger partial charge in [0.2, 0.25) is 0 Å². The maximum absolute atomic E-state index is 10.6. The smallest absolute Gasteiger partial charge is 0.354 e. The largest absolute Gasteiger partial charge is 0.480 e. The molecule has 1 heterocycles. The number of aromatic nitrogens is 1. The number of rotatable bonds is 3. The lowest BCUT2D eigenvalue weighted by atomic mass is 10.1. The maximum Gasteiger partial charge on any atom is 0.354 e. The molecule has 6 heteroatoms. The number of carboxylic acid groups (broad SMARTS) is 2. The van der Waals surface area contributed by atoms with Crippen LogP contribution in [0.1, 0.15) is 24.3 Å². The SMILES string of the molecule is CC(C)[C@@H](N)C(=O)O.O=C(O)c1cc2ccccc2cn1. The number of pyridine rings is 1. The van der Waals surface area contributed by atoms with E-state index in [-0.39, 0.29) is 11.6 Å². The number of nitrogens with zero attached hydrogens (tertiary/aromatic N) is 1. The Balaban J connectivity index is 0.000000240. The number of fused-ring (bicyclic) bond motifs is 1. The minimum Gasteiger partial charge on any atom is -0.480 e. The van der Waals surface area contributed by atoms with Crippen molar-refractivity contribution in [1.82, 2.24) is 4.98 Å². The molecule has 1 atom stereocenters. The van der Waals surface area contributed by atoms with Gasteiger partial charge in [-0.1, -0.05) is 38.1 Å². The Morgan fingerprint density at radius 3 is 2.14 bits per heavy atom. The lowest BCUT2D eigenvalue weighted by Gasteiger charge is -2.07. The molecule has 0 radical (unpaired) electrons. The number of nitrogens with two attached hydrogens (primary N) is 1. The molecule has 112 valence electrons. The molecule has 1 aromatic carbocycles. The average molecular weight is 290 g/mol. The molecule has 1 aromatic heterocycles. The van der Waals surface area contributed by atoms with Crippen LogP contribution in [-0.4, -0.2) is 33.2 Å². The molecule has 0 fully saturated rings. The van der Waals surface area contributed by atoms with Gasteiger partial charge in [-0.3, -0.25) is 4.79 Å². The van der Waals surface area contributed by atoms with Gasteiger partial charge < -0.3 is 15.9 Å². The number of aliphatic carboxylic acids is 1. The second-order valence-corrected chi connectivity index (χ2v) is 4.83. The van der Waals surface area contributed by atoms with Crippen LogP contribution in [0.25, 0.3) is 10.8 Å². The fourth-order valence-electron chi connectivity index (χ4n) is 1.49. The van der Waals surface area contributed by atoms with Crippen LogP contribution >= 0.6 is 0 Å². The van der Waals surface area contributed by atoms with E-state index in [1.807, 2.05) is 24.3 Å². The van der Waals surface area contributed by atoms with Gasteiger partial charge in [0.05, 0.1) is 0 Å². The molecular weight excluding hydrogens is 272 g/mol. The van der Waals surface area contributed by atoms with E-state index in [1.165, 1.54) is 0 Å². The van der Waals surface area contributed by atoms with Gasteiger partial charge in [-0.05, 0) is 17.4 Å². The van der Waals surface area contributed by atoms with Gasteiger partial charge in [0, 0.05) is 11.6 Å². The van der Waals surface area contributed by atoms with Crippen molar-refractivity contribution in [3.8, 4) is 0 Å². The van der Waals surface area contributed by atoms with Crippen LogP contribution in [0.15, 0.2) is 36.5 Å². The van der Waals surface area contributed by atoms with Crippen LogP contribution in [0.2, 0.25) is 0 Å². The van der Waals surface area contributed by atoms with Crippen LogP contribution < -0.4 is 5.73 Å². The third kappa shape index (κ3) is 4.85. The third-order valence-electron chi connectivity index (χ3n) is 2.85. The Morgan fingerprint density at radius 2 is 1.71 bits per heavy atom.